The van der Waals surface area contributed by atoms with E-state index in [9.17, 15) is 14.6 Å². The molecule has 1 aromatic carbocycles. The van der Waals surface area contributed by atoms with Gasteiger partial charge in [0.05, 0.1) is 35.6 Å². The Balaban J connectivity index is 1.57. The van der Waals surface area contributed by atoms with Crippen molar-refractivity contribution in [3.8, 4) is 6.07 Å². The van der Waals surface area contributed by atoms with Crippen molar-refractivity contribution in [2.24, 2.45) is 5.92 Å². The minimum atomic E-state index is -1.19. The number of aromatic nitrogens is 1. The number of fused-ring (bicyclic) bond motifs is 1. The van der Waals surface area contributed by atoms with Gasteiger partial charge < -0.3 is 20.2 Å². The lowest BCUT2D eigenvalue weighted by Crippen LogP contribution is -2.34. The van der Waals surface area contributed by atoms with E-state index < -0.39 is 11.4 Å². The van der Waals surface area contributed by atoms with Crippen LogP contribution in [-0.4, -0.2) is 21.4 Å². The molecule has 1 aromatic heterocycles. The molecule has 0 bridgehead atoms. The van der Waals surface area contributed by atoms with Crippen LogP contribution in [0.15, 0.2) is 40.2 Å². The summed E-state index contributed by atoms with van der Waals surface area (Å²) in [5, 5.41) is 24.2. The van der Waals surface area contributed by atoms with Gasteiger partial charge in [-0.25, -0.2) is 0 Å². The predicted molar refractivity (Wildman–Crippen MR) is 112 cm³/mol. The molecule has 150 valence electrons. The number of anilines is 2. The molecule has 1 saturated carbocycles. The molecule has 0 amide bonds. The summed E-state index contributed by atoms with van der Waals surface area (Å²) >= 11 is -1.19. The van der Waals surface area contributed by atoms with Crippen LogP contribution in [0.3, 0.4) is 0 Å². The van der Waals surface area contributed by atoms with E-state index in [1.54, 1.807) is 24.4 Å². The van der Waals surface area contributed by atoms with Gasteiger partial charge in [0.2, 0.25) is 0 Å². The van der Waals surface area contributed by atoms with Crippen LogP contribution in [0.2, 0.25) is 0 Å². The van der Waals surface area contributed by atoms with E-state index in [0.29, 0.717) is 17.9 Å². The van der Waals surface area contributed by atoms with Gasteiger partial charge in [0.25, 0.3) is 5.56 Å². The van der Waals surface area contributed by atoms with Gasteiger partial charge >= 0.3 is 0 Å². The summed E-state index contributed by atoms with van der Waals surface area (Å²) in [5.41, 5.74) is 1.93. The average molecular weight is 411 g/mol. The standard InChI is InChI=1S/C20H22N6O2S/c21-10-12-3-1-2-4-15(12)26-16-7-8-23-20(27)18(16)19(22)25-14-5-6-17-13(9-14)11-24-29(17)28/h5-9,12,15,24H,1-4,11H2,(H2,22,25)(H2,23,26,27)/t12?,15-,29?/m0/s1. The normalized spacial score (nSPS) is 23.1. The van der Waals surface area contributed by atoms with Crippen LogP contribution in [0.1, 0.15) is 36.8 Å². The minimum Gasteiger partial charge on any atom is -0.593 e. The molecule has 0 radical (unpaired) electrons. The van der Waals surface area contributed by atoms with Crippen molar-refractivity contribution in [2.75, 3.05) is 10.6 Å². The molecule has 2 aromatic rings. The summed E-state index contributed by atoms with van der Waals surface area (Å²) in [6.45, 7) is 0.501. The second kappa shape index (κ2) is 8.29. The summed E-state index contributed by atoms with van der Waals surface area (Å²) < 4.78 is 14.7. The van der Waals surface area contributed by atoms with Crippen molar-refractivity contribution in [1.82, 2.24) is 9.71 Å². The molecule has 2 unspecified atom stereocenters. The average Bonchev–Trinajstić information content (AvgIpc) is 3.08. The topological polar surface area (TPSA) is 140 Å². The molecular formula is C20H22N6O2S. The first-order chi connectivity index (χ1) is 14.1. The van der Waals surface area contributed by atoms with Gasteiger partial charge in [-0.05, 0) is 37.1 Å². The Morgan fingerprint density at radius 2 is 2.14 bits per heavy atom. The lowest BCUT2D eigenvalue weighted by atomic mass is 9.85. The first kappa shape index (κ1) is 19.5. The van der Waals surface area contributed by atoms with Crippen molar-refractivity contribution >= 4 is 28.6 Å². The molecule has 1 aliphatic heterocycles. The molecular weight excluding hydrogens is 388 g/mol. The van der Waals surface area contributed by atoms with E-state index in [2.05, 4.69) is 26.4 Å². The first-order valence-electron chi connectivity index (χ1n) is 9.59. The molecule has 4 rings (SSSR count). The Morgan fingerprint density at radius 1 is 1.31 bits per heavy atom. The van der Waals surface area contributed by atoms with Crippen molar-refractivity contribution in [2.45, 2.75) is 43.2 Å². The second-order valence-corrected chi connectivity index (χ2v) is 8.54. The van der Waals surface area contributed by atoms with Gasteiger partial charge in [0.1, 0.15) is 11.4 Å². The Kier molecular flexibility index (Phi) is 5.58. The van der Waals surface area contributed by atoms with Crippen molar-refractivity contribution in [3.63, 3.8) is 0 Å². The maximum atomic E-state index is 12.5. The quantitative estimate of drug-likeness (QED) is 0.298. The molecule has 8 nitrogen and oxygen atoms in total. The highest BCUT2D eigenvalue weighted by molar-refractivity contribution is 7.89. The van der Waals surface area contributed by atoms with Crippen LogP contribution < -0.4 is 20.9 Å². The van der Waals surface area contributed by atoms with Gasteiger partial charge in [-0.3, -0.25) is 10.2 Å². The van der Waals surface area contributed by atoms with Gasteiger partial charge in [0.15, 0.2) is 4.90 Å². The van der Waals surface area contributed by atoms with Crippen molar-refractivity contribution < 1.29 is 4.55 Å². The highest BCUT2D eigenvalue weighted by atomic mass is 32.2. The molecule has 5 N–H and O–H groups in total. The van der Waals surface area contributed by atoms with Gasteiger partial charge in [-0.15, -0.1) is 4.72 Å². The number of nitrogens with zero attached hydrogens (tertiary/aromatic N) is 1. The van der Waals surface area contributed by atoms with E-state index in [1.807, 2.05) is 6.07 Å². The molecule has 2 heterocycles. The number of benzene rings is 1. The fraction of sp³-hybridized carbons (Fsp3) is 0.350. The third-order valence-corrected chi connectivity index (χ3v) is 6.61. The Labute approximate surface area is 171 Å². The first-order valence-corrected chi connectivity index (χ1v) is 10.7. The molecule has 1 aliphatic carbocycles. The summed E-state index contributed by atoms with van der Waals surface area (Å²) in [5.74, 6) is -0.145. The SMILES string of the molecule is N#CC1CCCC[C@@H]1Nc1cc[nH]c(=O)c1C(=N)Nc1ccc2c(c1)CN[S+]2[O-]. The summed E-state index contributed by atoms with van der Waals surface area (Å²) in [7, 11) is 0. The van der Waals surface area contributed by atoms with Crippen molar-refractivity contribution in [1.29, 1.82) is 10.7 Å². The summed E-state index contributed by atoms with van der Waals surface area (Å²) in [4.78, 5) is 15.9. The number of aromatic amines is 1. The highest BCUT2D eigenvalue weighted by Gasteiger charge is 2.27. The molecule has 1 fully saturated rings. The van der Waals surface area contributed by atoms with Gasteiger partial charge in [0, 0.05) is 23.5 Å². The van der Waals surface area contributed by atoms with Gasteiger partial charge in [-0.2, -0.15) is 5.26 Å². The Bertz CT molecular complexity index is 1030. The van der Waals surface area contributed by atoms with E-state index in [-0.39, 0.29) is 28.9 Å². The highest BCUT2D eigenvalue weighted by Crippen LogP contribution is 2.28. The molecule has 2 aliphatic rings. The smallest absolute Gasteiger partial charge is 0.261 e. The summed E-state index contributed by atoms with van der Waals surface area (Å²) in [6, 6.07) is 9.38. The second-order valence-electron chi connectivity index (χ2n) is 7.28. The third-order valence-electron chi connectivity index (χ3n) is 5.41. The Hall–Kier alpha value is -2.80. The van der Waals surface area contributed by atoms with Crippen LogP contribution in [-0.2, 0) is 17.9 Å². The number of nitriles is 1. The number of hydrogen-bond donors (Lipinski definition) is 5. The summed E-state index contributed by atoms with van der Waals surface area (Å²) in [6.07, 6.45) is 5.32. The minimum absolute atomic E-state index is 0.0364. The van der Waals surface area contributed by atoms with E-state index >= 15 is 0 Å². The predicted octanol–water partition coefficient (Wildman–Crippen LogP) is 2.43. The Morgan fingerprint density at radius 3 is 2.97 bits per heavy atom. The van der Waals surface area contributed by atoms with E-state index in [1.165, 1.54) is 0 Å². The zero-order chi connectivity index (χ0) is 20.4. The molecule has 0 saturated heterocycles. The lowest BCUT2D eigenvalue weighted by Gasteiger charge is -2.29. The monoisotopic (exact) mass is 410 g/mol. The van der Waals surface area contributed by atoms with E-state index in [0.717, 1.165) is 36.1 Å². The molecule has 9 heteroatoms. The van der Waals surface area contributed by atoms with Crippen LogP contribution in [0.5, 0.6) is 0 Å². The maximum Gasteiger partial charge on any atom is 0.261 e. The fourth-order valence-corrected chi connectivity index (χ4v) is 4.91. The number of hydrogen-bond acceptors (Lipinski definition) is 6. The largest absolute Gasteiger partial charge is 0.593 e. The van der Waals surface area contributed by atoms with Crippen LogP contribution in [0, 0.1) is 22.7 Å². The van der Waals surface area contributed by atoms with E-state index in [4.69, 9.17) is 5.41 Å². The fourth-order valence-electron chi connectivity index (χ4n) is 3.91. The van der Waals surface area contributed by atoms with Crippen molar-refractivity contribution in [3.05, 3.63) is 51.9 Å². The number of rotatable bonds is 4. The number of H-pyrrole nitrogens is 1. The lowest BCUT2D eigenvalue weighted by molar-refractivity contribution is 0.388. The number of nitrogens with one attached hydrogen (secondary N) is 5. The zero-order valence-corrected chi connectivity index (χ0v) is 16.6. The molecule has 3 atom stereocenters. The molecule has 0 spiro atoms. The number of amidine groups is 1. The number of pyridine rings is 1. The zero-order valence-electron chi connectivity index (χ0n) is 15.7. The molecule has 29 heavy (non-hydrogen) atoms. The van der Waals surface area contributed by atoms with Crippen LogP contribution >= 0.6 is 0 Å². The van der Waals surface area contributed by atoms with Crippen LogP contribution in [0.4, 0.5) is 11.4 Å². The van der Waals surface area contributed by atoms with Gasteiger partial charge in [-0.1, -0.05) is 12.8 Å². The van der Waals surface area contributed by atoms with Crippen LogP contribution in [0.25, 0.3) is 0 Å². The maximum absolute atomic E-state index is 12.5. The third kappa shape index (κ3) is 4.00.